The molecule has 3 aromatic rings. The molecule has 0 radical (unpaired) electrons. The number of azo groups is 1. The van der Waals surface area contributed by atoms with Gasteiger partial charge in [0.15, 0.2) is 5.69 Å². The third kappa shape index (κ3) is 4.12. The van der Waals surface area contributed by atoms with Crippen molar-refractivity contribution >= 4 is 43.9 Å². The number of fused-ring (bicyclic) bond motifs is 1. The van der Waals surface area contributed by atoms with Crippen LogP contribution in [0.3, 0.4) is 0 Å². The molecule has 0 saturated heterocycles. The van der Waals surface area contributed by atoms with Gasteiger partial charge in [-0.15, -0.1) is 10.2 Å². The van der Waals surface area contributed by atoms with Gasteiger partial charge in [0.05, 0.1) is 22.4 Å². The molecule has 3 rings (SSSR count). The molecule has 0 aliphatic rings. The second-order valence-electron chi connectivity index (χ2n) is 6.39. The number of carbonyl (C=O) groups excluding carboxylic acids is 1. The topological polar surface area (TPSA) is 147 Å². The van der Waals surface area contributed by atoms with Crippen molar-refractivity contribution < 1.29 is 23.2 Å². The van der Waals surface area contributed by atoms with E-state index in [1.165, 1.54) is 22.8 Å². The van der Waals surface area contributed by atoms with Gasteiger partial charge in [0.1, 0.15) is 6.54 Å². The lowest BCUT2D eigenvalue weighted by molar-refractivity contribution is -0.384. The van der Waals surface area contributed by atoms with E-state index in [1.54, 1.807) is 31.3 Å². The minimum absolute atomic E-state index is 0.0525. The van der Waals surface area contributed by atoms with Crippen LogP contribution < -0.4 is 4.31 Å². The van der Waals surface area contributed by atoms with E-state index in [0.29, 0.717) is 15.2 Å². The maximum absolute atomic E-state index is 12.3. The van der Waals surface area contributed by atoms with Crippen molar-refractivity contribution in [2.75, 3.05) is 17.1 Å². The number of aryl methyl sites for hydroxylation is 1. The number of hydrogen-bond donors (Lipinski definition) is 1. The van der Waals surface area contributed by atoms with Gasteiger partial charge in [0, 0.05) is 24.6 Å². The number of nitrogens with zero attached hydrogens (tertiary/aromatic N) is 5. The van der Waals surface area contributed by atoms with Crippen LogP contribution in [0.15, 0.2) is 58.8 Å². The molecule has 0 spiro atoms. The predicted octanol–water partition coefficient (Wildman–Crippen LogP) is 2.87. The fourth-order valence-corrected chi connectivity index (χ4v) is 3.72. The van der Waals surface area contributed by atoms with Crippen LogP contribution in [0.5, 0.6) is 5.88 Å². The van der Waals surface area contributed by atoms with Crippen molar-refractivity contribution in [2.45, 2.75) is 0 Å². The summed E-state index contributed by atoms with van der Waals surface area (Å²) in [5, 5.41) is 29.1. The highest BCUT2D eigenvalue weighted by Crippen LogP contribution is 2.37. The van der Waals surface area contributed by atoms with Gasteiger partial charge >= 0.3 is 0 Å². The predicted molar refractivity (Wildman–Crippen MR) is 109 cm³/mol. The lowest BCUT2D eigenvalue weighted by atomic mass is 10.2. The minimum atomic E-state index is -3.94. The summed E-state index contributed by atoms with van der Waals surface area (Å²) < 4.78 is 26.5. The number of carbonyl (C=O) groups is 1. The van der Waals surface area contributed by atoms with E-state index in [1.807, 2.05) is 0 Å². The van der Waals surface area contributed by atoms with Crippen LogP contribution in [-0.2, 0) is 21.9 Å². The molecule has 11 nitrogen and oxygen atoms in total. The molecule has 30 heavy (non-hydrogen) atoms. The van der Waals surface area contributed by atoms with E-state index in [2.05, 4.69) is 10.2 Å². The Morgan fingerprint density at radius 3 is 2.60 bits per heavy atom. The monoisotopic (exact) mass is 431 g/mol. The van der Waals surface area contributed by atoms with Gasteiger partial charge in [0.2, 0.25) is 15.9 Å². The van der Waals surface area contributed by atoms with Crippen LogP contribution in [0, 0.1) is 10.1 Å². The number of rotatable bonds is 6. The molecule has 0 saturated carbocycles. The van der Waals surface area contributed by atoms with E-state index >= 15 is 0 Å². The minimum Gasteiger partial charge on any atom is -0.493 e. The summed E-state index contributed by atoms with van der Waals surface area (Å²) >= 11 is 0. The van der Waals surface area contributed by atoms with Gasteiger partial charge in [-0.3, -0.25) is 19.2 Å². The van der Waals surface area contributed by atoms with Crippen molar-refractivity contribution in [3.63, 3.8) is 0 Å². The molecule has 12 heteroatoms. The van der Waals surface area contributed by atoms with Crippen molar-refractivity contribution in [3.05, 3.63) is 58.6 Å². The Morgan fingerprint density at radius 2 is 1.93 bits per heavy atom. The number of aromatic hydroxyl groups is 1. The van der Waals surface area contributed by atoms with E-state index < -0.39 is 27.4 Å². The first-order valence-corrected chi connectivity index (χ1v) is 10.4. The Kier molecular flexibility index (Phi) is 5.52. The third-order valence-corrected chi connectivity index (χ3v) is 5.46. The smallest absolute Gasteiger partial charge is 0.285 e. The molecule has 1 aromatic heterocycles. The first kappa shape index (κ1) is 20.9. The van der Waals surface area contributed by atoms with Crippen LogP contribution in [0.2, 0.25) is 0 Å². The Labute approximate surface area is 171 Å². The fraction of sp³-hybridized carbons (Fsp3) is 0.167. The van der Waals surface area contributed by atoms with Gasteiger partial charge in [-0.25, -0.2) is 8.42 Å². The summed E-state index contributed by atoms with van der Waals surface area (Å²) in [6, 6.07) is 11.8. The molecule has 1 amide bonds. The number of nitro benzene ring substituents is 1. The molecule has 0 bridgehead atoms. The highest BCUT2D eigenvalue weighted by molar-refractivity contribution is 7.92. The standard InChI is InChI=1S/C18H17N5O6S/c1-21-15-9-4-3-8-14(15)17(18(21)25)20-19-16(24)11-22(30(2,28)29)12-6-5-7-13(10-12)23(26)27/h3-10,25H,11H2,1-2H3. The van der Waals surface area contributed by atoms with Gasteiger partial charge in [0.25, 0.3) is 11.6 Å². The van der Waals surface area contributed by atoms with Crippen LogP contribution in [0.25, 0.3) is 10.9 Å². The van der Waals surface area contributed by atoms with Crippen molar-refractivity contribution in [1.29, 1.82) is 0 Å². The van der Waals surface area contributed by atoms with Gasteiger partial charge in [-0.2, -0.15) is 0 Å². The van der Waals surface area contributed by atoms with E-state index in [0.717, 1.165) is 12.3 Å². The molecule has 0 fully saturated rings. The zero-order valence-corrected chi connectivity index (χ0v) is 16.8. The summed E-state index contributed by atoms with van der Waals surface area (Å²) in [6.45, 7) is -0.713. The highest BCUT2D eigenvalue weighted by Gasteiger charge is 2.23. The fourth-order valence-electron chi connectivity index (χ4n) is 2.88. The molecule has 2 aromatic carbocycles. The normalized spacial score (nSPS) is 11.8. The summed E-state index contributed by atoms with van der Waals surface area (Å²) in [5.41, 5.74) is 0.368. The molecular formula is C18H17N5O6S. The second kappa shape index (κ2) is 7.91. The van der Waals surface area contributed by atoms with Crippen LogP contribution in [0.4, 0.5) is 17.1 Å². The highest BCUT2D eigenvalue weighted by atomic mass is 32.2. The number of aromatic nitrogens is 1. The molecule has 0 aliphatic heterocycles. The summed E-state index contributed by atoms with van der Waals surface area (Å²) in [6.07, 6.45) is 0.868. The Balaban J connectivity index is 1.91. The van der Waals surface area contributed by atoms with Crippen LogP contribution in [-0.4, -0.2) is 41.7 Å². The number of amides is 1. The molecular weight excluding hydrogens is 414 g/mol. The van der Waals surface area contributed by atoms with Crippen LogP contribution in [0.1, 0.15) is 0 Å². The zero-order chi connectivity index (χ0) is 22.1. The Hall–Kier alpha value is -3.80. The quantitative estimate of drug-likeness (QED) is 0.360. The Morgan fingerprint density at radius 1 is 1.23 bits per heavy atom. The molecule has 0 aliphatic carbocycles. The third-order valence-electron chi connectivity index (χ3n) is 4.32. The van der Waals surface area contributed by atoms with Crippen molar-refractivity contribution in [3.8, 4) is 5.88 Å². The lowest BCUT2D eigenvalue weighted by Crippen LogP contribution is -2.34. The number of sulfonamides is 1. The van der Waals surface area contributed by atoms with E-state index in [4.69, 9.17) is 0 Å². The molecule has 0 atom stereocenters. The van der Waals surface area contributed by atoms with E-state index in [9.17, 15) is 28.4 Å². The second-order valence-corrected chi connectivity index (χ2v) is 8.30. The van der Waals surface area contributed by atoms with Crippen molar-refractivity contribution in [1.82, 2.24) is 4.57 Å². The Bertz CT molecular complexity index is 1280. The SMILES string of the molecule is Cn1c(O)c(N=NC(=O)CN(c2cccc([N+](=O)[O-])c2)S(C)(=O)=O)c2ccccc21. The summed E-state index contributed by atoms with van der Waals surface area (Å²) in [4.78, 5) is 22.6. The summed E-state index contributed by atoms with van der Waals surface area (Å²) in [5.74, 6) is -1.12. The molecule has 1 heterocycles. The first-order valence-electron chi connectivity index (χ1n) is 8.52. The van der Waals surface area contributed by atoms with Crippen LogP contribution >= 0.6 is 0 Å². The average Bonchev–Trinajstić information content (AvgIpc) is 2.94. The van der Waals surface area contributed by atoms with Gasteiger partial charge < -0.3 is 9.67 Å². The molecule has 1 N–H and O–H groups in total. The zero-order valence-electron chi connectivity index (χ0n) is 16.0. The number of para-hydroxylation sites is 1. The van der Waals surface area contributed by atoms with Gasteiger partial charge in [-0.05, 0) is 12.1 Å². The number of benzene rings is 2. The first-order chi connectivity index (χ1) is 14.1. The average molecular weight is 431 g/mol. The summed E-state index contributed by atoms with van der Waals surface area (Å²) in [7, 11) is -2.33. The van der Waals surface area contributed by atoms with Crippen molar-refractivity contribution in [2.24, 2.45) is 17.3 Å². The lowest BCUT2D eigenvalue weighted by Gasteiger charge is -2.20. The maximum Gasteiger partial charge on any atom is 0.285 e. The molecule has 0 unspecified atom stereocenters. The van der Waals surface area contributed by atoms with Gasteiger partial charge in [-0.1, -0.05) is 24.3 Å². The number of anilines is 1. The maximum atomic E-state index is 12.3. The number of nitro groups is 1. The number of hydrogen-bond acceptors (Lipinski definition) is 7. The number of non-ortho nitro benzene ring substituents is 1. The molecule has 156 valence electrons. The largest absolute Gasteiger partial charge is 0.493 e. The van der Waals surface area contributed by atoms with E-state index in [-0.39, 0.29) is 22.9 Å².